The molecule has 0 fully saturated rings. The largest absolute Gasteiger partial charge is 0.280 e. The van der Waals surface area contributed by atoms with Crippen molar-refractivity contribution in [2.45, 2.75) is 13.3 Å². The van der Waals surface area contributed by atoms with Crippen LogP contribution < -0.4 is 0 Å². The highest BCUT2D eigenvalue weighted by Gasteiger charge is 2.19. The number of nitrogens with zero attached hydrogens (tertiary/aromatic N) is 5. The van der Waals surface area contributed by atoms with Crippen molar-refractivity contribution in [3.63, 3.8) is 0 Å². The highest BCUT2D eigenvalue weighted by atomic mass is 79.9. The van der Waals surface area contributed by atoms with Crippen molar-refractivity contribution in [2.24, 2.45) is 0 Å². The van der Waals surface area contributed by atoms with Gasteiger partial charge < -0.3 is 0 Å². The molecule has 4 aromatic heterocycles. The molecular formula is C18H10BrF2N5S. The van der Waals surface area contributed by atoms with Crippen molar-refractivity contribution in [1.82, 2.24) is 24.6 Å². The topological polar surface area (TPSA) is 56.0 Å². The van der Waals surface area contributed by atoms with Crippen LogP contribution >= 0.6 is 27.3 Å². The number of thiophene rings is 1. The number of aryl methyl sites for hydroxylation is 1. The molecule has 0 aliphatic heterocycles. The SMILES string of the molecule is Cc1cc(C(F)F)nc2sc3c(ncn4nc(-c5ccccc5Br)nc34)c12. The van der Waals surface area contributed by atoms with Gasteiger partial charge in [0.1, 0.15) is 21.6 Å². The number of hydrogen-bond acceptors (Lipinski definition) is 5. The molecule has 0 unspecified atom stereocenters. The number of hydrogen-bond donors (Lipinski definition) is 0. The van der Waals surface area contributed by atoms with E-state index in [9.17, 15) is 8.78 Å². The van der Waals surface area contributed by atoms with Crippen LogP contribution in [-0.2, 0) is 0 Å². The van der Waals surface area contributed by atoms with Gasteiger partial charge >= 0.3 is 0 Å². The first kappa shape index (κ1) is 16.6. The summed E-state index contributed by atoms with van der Waals surface area (Å²) in [6.45, 7) is 1.80. The highest BCUT2D eigenvalue weighted by molar-refractivity contribution is 9.10. The molecule has 5 rings (SSSR count). The van der Waals surface area contributed by atoms with Gasteiger partial charge in [-0.2, -0.15) is 0 Å². The average molecular weight is 446 g/mol. The van der Waals surface area contributed by atoms with E-state index in [0.717, 1.165) is 25.7 Å². The number of alkyl halides is 2. The quantitative estimate of drug-likeness (QED) is 0.356. The molecule has 0 saturated carbocycles. The van der Waals surface area contributed by atoms with Crippen molar-refractivity contribution < 1.29 is 8.78 Å². The Hall–Kier alpha value is -2.52. The first-order valence-electron chi connectivity index (χ1n) is 8.01. The second kappa shape index (κ2) is 6.00. The molecule has 0 radical (unpaired) electrons. The molecule has 4 heterocycles. The van der Waals surface area contributed by atoms with Gasteiger partial charge in [-0.25, -0.2) is 28.2 Å². The fourth-order valence-corrected chi connectivity index (χ4v) is 4.75. The average Bonchev–Trinajstić information content (AvgIpc) is 3.22. The molecule has 27 heavy (non-hydrogen) atoms. The van der Waals surface area contributed by atoms with E-state index in [1.165, 1.54) is 17.4 Å². The lowest BCUT2D eigenvalue weighted by molar-refractivity contribution is 0.146. The smallest absolute Gasteiger partial charge is 0.236 e. The summed E-state index contributed by atoms with van der Waals surface area (Å²) in [5.41, 5.74) is 2.71. The Balaban J connectivity index is 1.82. The summed E-state index contributed by atoms with van der Waals surface area (Å²) < 4.78 is 29.5. The van der Waals surface area contributed by atoms with Gasteiger partial charge in [0.2, 0.25) is 0 Å². The molecule has 5 aromatic rings. The minimum Gasteiger partial charge on any atom is -0.236 e. The first-order valence-corrected chi connectivity index (χ1v) is 9.62. The van der Waals surface area contributed by atoms with Gasteiger partial charge in [0, 0.05) is 15.4 Å². The Morgan fingerprint density at radius 1 is 1.19 bits per heavy atom. The van der Waals surface area contributed by atoms with E-state index in [4.69, 9.17) is 0 Å². The standard InChI is InChI=1S/C18H10BrF2N5S/c1-8-6-11(15(20)21)23-18-12(8)13-14(27-18)17-24-16(25-26(17)7-22-13)9-4-2-3-5-10(9)19/h2-7,15H,1H3. The molecule has 0 bridgehead atoms. The fourth-order valence-electron chi connectivity index (χ4n) is 3.10. The third-order valence-electron chi connectivity index (χ3n) is 4.32. The van der Waals surface area contributed by atoms with Gasteiger partial charge in [-0.15, -0.1) is 16.4 Å². The Kier molecular flexibility index (Phi) is 3.70. The maximum absolute atomic E-state index is 13.1. The van der Waals surface area contributed by atoms with E-state index in [2.05, 4.69) is 36.0 Å². The molecule has 0 amide bonds. The van der Waals surface area contributed by atoms with E-state index < -0.39 is 6.43 Å². The number of aromatic nitrogens is 5. The van der Waals surface area contributed by atoms with E-state index in [0.29, 0.717) is 21.8 Å². The number of fused-ring (bicyclic) bond motifs is 5. The van der Waals surface area contributed by atoms with Gasteiger partial charge in [-0.3, -0.25) is 0 Å². The normalized spacial score (nSPS) is 12.0. The molecule has 0 aliphatic rings. The lowest BCUT2D eigenvalue weighted by atomic mass is 10.1. The van der Waals surface area contributed by atoms with Crippen molar-refractivity contribution in [2.75, 3.05) is 0 Å². The Morgan fingerprint density at radius 3 is 2.78 bits per heavy atom. The molecule has 9 heteroatoms. The monoisotopic (exact) mass is 445 g/mol. The molecule has 5 nitrogen and oxygen atoms in total. The molecule has 1 aromatic carbocycles. The molecule has 0 atom stereocenters. The van der Waals surface area contributed by atoms with Crippen LogP contribution in [-0.4, -0.2) is 24.6 Å². The summed E-state index contributed by atoms with van der Waals surface area (Å²) in [5.74, 6) is 0.562. The number of benzene rings is 1. The van der Waals surface area contributed by atoms with E-state index in [1.807, 2.05) is 24.3 Å². The van der Waals surface area contributed by atoms with Crippen LogP contribution in [0.4, 0.5) is 8.78 Å². The summed E-state index contributed by atoms with van der Waals surface area (Å²) in [4.78, 5) is 13.8. The number of pyridine rings is 1. The van der Waals surface area contributed by atoms with Crippen LogP contribution in [0.25, 0.3) is 37.5 Å². The van der Waals surface area contributed by atoms with E-state index in [1.54, 1.807) is 17.8 Å². The number of rotatable bonds is 2. The Bertz CT molecular complexity index is 1340. The van der Waals surface area contributed by atoms with Gasteiger partial charge in [0.05, 0.1) is 5.52 Å². The minimum absolute atomic E-state index is 0.224. The predicted molar refractivity (Wildman–Crippen MR) is 104 cm³/mol. The van der Waals surface area contributed by atoms with Crippen LogP contribution in [0.3, 0.4) is 0 Å². The van der Waals surface area contributed by atoms with Gasteiger partial charge in [-0.05, 0) is 30.7 Å². The van der Waals surface area contributed by atoms with Crippen molar-refractivity contribution >= 4 is 53.3 Å². The van der Waals surface area contributed by atoms with Crippen LogP contribution in [0.2, 0.25) is 0 Å². The molecule has 0 saturated heterocycles. The molecule has 0 N–H and O–H groups in total. The van der Waals surface area contributed by atoms with E-state index in [-0.39, 0.29) is 5.69 Å². The third kappa shape index (κ3) is 2.53. The van der Waals surface area contributed by atoms with Crippen LogP contribution in [0.1, 0.15) is 17.7 Å². The lowest BCUT2D eigenvalue weighted by Crippen LogP contribution is -1.92. The maximum atomic E-state index is 13.1. The lowest BCUT2D eigenvalue weighted by Gasteiger charge is -2.01. The first-order chi connectivity index (χ1) is 13.0. The zero-order valence-corrected chi connectivity index (χ0v) is 16.2. The Labute approximate surface area is 163 Å². The summed E-state index contributed by atoms with van der Waals surface area (Å²) in [6.07, 6.45) is -1.01. The summed E-state index contributed by atoms with van der Waals surface area (Å²) >= 11 is 4.82. The summed E-state index contributed by atoms with van der Waals surface area (Å²) in [7, 11) is 0. The van der Waals surface area contributed by atoms with Crippen molar-refractivity contribution in [3.05, 3.63) is 52.4 Å². The van der Waals surface area contributed by atoms with Crippen molar-refractivity contribution in [3.8, 4) is 11.4 Å². The summed E-state index contributed by atoms with van der Waals surface area (Å²) in [6, 6.07) is 9.10. The zero-order chi connectivity index (χ0) is 18.7. The highest BCUT2D eigenvalue weighted by Crippen LogP contribution is 2.37. The third-order valence-corrected chi connectivity index (χ3v) is 6.08. The van der Waals surface area contributed by atoms with Gasteiger partial charge in [0.15, 0.2) is 11.5 Å². The Morgan fingerprint density at radius 2 is 2.00 bits per heavy atom. The van der Waals surface area contributed by atoms with Crippen LogP contribution in [0.15, 0.2) is 41.1 Å². The summed E-state index contributed by atoms with van der Waals surface area (Å²) in [5, 5.41) is 5.30. The van der Waals surface area contributed by atoms with E-state index >= 15 is 0 Å². The second-order valence-electron chi connectivity index (χ2n) is 6.05. The second-order valence-corrected chi connectivity index (χ2v) is 7.91. The number of halogens is 3. The van der Waals surface area contributed by atoms with Crippen LogP contribution in [0, 0.1) is 6.92 Å². The van der Waals surface area contributed by atoms with Crippen LogP contribution in [0.5, 0.6) is 0 Å². The molecule has 0 spiro atoms. The zero-order valence-electron chi connectivity index (χ0n) is 13.8. The van der Waals surface area contributed by atoms with Gasteiger partial charge in [-0.1, -0.05) is 28.1 Å². The minimum atomic E-state index is -2.61. The van der Waals surface area contributed by atoms with Crippen molar-refractivity contribution in [1.29, 1.82) is 0 Å². The molecule has 0 aliphatic carbocycles. The molecule has 134 valence electrons. The predicted octanol–water partition coefficient (Wildman–Crippen LogP) is 5.56. The fraction of sp³-hybridized carbons (Fsp3) is 0.111. The van der Waals surface area contributed by atoms with Gasteiger partial charge in [0.25, 0.3) is 6.43 Å². The molecular weight excluding hydrogens is 436 g/mol. The maximum Gasteiger partial charge on any atom is 0.280 e.